The molecule has 2 unspecified atom stereocenters. The number of hydrogen-bond donors (Lipinski definition) is 2. The van der Waals surface area contributed by atoms with E-state index in [9.17, 15) is 10.2 Å². The van der Waals surface area contributed by atoms with Crippen LogP contribution in [0.5, 0.6) is 0 Å². The van der Waals surface area contributed by atoms with Gasteiger partial charge in [0.05, 0.1) is 0 Å². The van der Waals surface area contributed by atoms with E-state index in [0.29, 0.717) is 33.2 Å². The summed E-state index contributed by atoms with van der Waals surface area (Å²) in [4.78, 5) is 2.12. The van der Waals surface area contributed by atoms with Crippen molar-refractivity contribution in [1.82, 2.24) is 0 Å². The summed E-state index contributed by atoms with van der Waals surface area (Å²) >= 11 is 3.48. The van der Waals surface area contributed by atoms with Crippen LogP contribution in [0.1, 0.15) is 105 Å². The van der Waals surface area contributed by atoms with E-state index in [0.717, 1.165) is 63.3 Å². The molecule has 6 heteroatoms. The van der Waals surface area contributed by atoms with Gasteiger partial charge in [-0.2, -0.15) is 0 Å². The molecule has 0 spiro atoms. The molecular formula is C46H54O2S2Si2. The molecule has 5 aromatic rings. The van der Waals surface area contributed by atoms with Crippen LogP contribution in [-0.2, 0) is 11.2 Å². The van der Waals surface area contributed by atoms with Crippen molar-refractivity contribution in [1.29, 1.82) is 0 Å². The van der Waals surface area contributed by atoms with Gasteiger partial charge in [-0.1, -0.05) is 143 Å². The highest BCUT2D eigenvalue weighted by atomic mass is 32.1. The molecule has 0 amide bonds. The first kappa shape index (κ1) is 37.4. The van der Waals surface area contributed by atoms with Crippen LogP contribution in [0.15, 0.2) is 60.7 Å². The fourth-order valence-corrected chi connectivity index (χ4v) is 23.8. The largest absolute Gasteiger partial charge is 0.369 e. The maximum atomic E-state index is 13.3. The predicted octanol–water partition coefficient (Wildman–Crippen LogP) is 13.0. The van der Waals surface area contributed by atoms with Crippen molar-refractivity contribution in [3.8, 4) is 43.8 Å². The average Bonchev–Trinajstić information content (AvgIpc) is 3.78. The van der Waals surface area contributed by atoms with E-state index >= 15 is 0 Å². The summed E-state index contributed by atoms with van der Waals surface area (Å²) in [6, 6.07) is 21.0. The summed E-state index contributed by atoms with van der Waals surface area (Å²) in [6.07, 6.45) is 0. The number of rotatable bonds is 6. The number of benzene rings is 3. The van der Waals surface area contributed by atoms with E-state index in [4.69, 9.17) is 0 Å². The normalized spacial score (nSPS) is 19.5. The van der Waals surface area contributed by atoms with Crippen molar-refractivity contribution in [3.05, 3.63) is 82.9 Å². The second-order valence-electron chi connectivity index (χ2n) is 17.2. The smallest absolute Gasteiger partial charge is 0.178 e. The molecule has 0 fully saturated rings. The zero-order valence-electron chi connectivity index (χ0n) is 32.9. The van der Waals surface area contributed by atoms with Gasteiger partial charge >= 0.3 is 0 Å². The van der Waals surface area contributed by atoms with Crippen molar-refractivity contribution in [2.45, 2.75) is 128 Å². The maximum absolute atomic E-state index is 13.3. The zero-order valence-corrected chi connectivity index (χ0v) is 36.6. The van der Waals surface area contributed by atoms with Gasteiger partial charge in [0.2, 0.25) is 0 Å². The number of aliphatic hydroxyl groups is 2. The minimum Gasteiger partial charge on any atom is -0.369 e. The Labute approximate surface area is 321 Å². The van der Waals surface area contributed by atoms with E-state index < -0.39 is 27.3 Å². The minimum atomic E-state index is -2.18. The van der Waals surface area contributed by atoms with Crippen LogP contribution in [0, 0.1) is 22.9 Å². The topological polar surface area (TPSA) is 40.5 Å². The highest BCUT2D eigenvalue weighted by Gasteiger charge is 2.52. The summed E-state index contributed by atoms with van der Waals surface area (Å²) in [5.41, 5.74) is 13.0. The van der Waals surface area contributed by atoms with E-state index in [2.05, 4.69) is 167 Å². The van der Waals surface area contributed by atoms with E-state index in [1.807, 2.05) is 0 Å². The summed E-state index contributed by atoms with van der Waals surface area (Å²) in [7, 11) is -4.36. The van der Waals surface area contributed by atoms with Gasteiger partial charge in [0.15, 0.2) is 11.2 Å². The third-order valence-electron chi connectivity index (χ3n) is 13.0. The monoisotopic (exact) mass is 758 g/mol. The van der Waals surface area contributed by atoms with Crippen LogP contribution in [0.4, 0.5) is 0 Å². The third kappa shape index (κ3) is 4.95. The van der Waals surface area contributed by atoms with Gasteiger partial charge in [0.25, 0.3) is 0 Å². The minimum absolute atomic E-state index is 0.441. The Kier molecular flexibility index (Phi) is 9.22. The van der Waals surface area contributed by atoms with Crippen molar-refractivity contribution < 1.29 is 10.2 Å². The van der Waals surface area contributed by atoms with Gasteiger partial charge in [-0.05, 0) is 45.4 Å². The Morgan fingerprint density at radius 1 is 0.481 bits per heavy atom. The van der Waals surface area contributed by atoms with Crippen molar-refractivity contribution >= 4 is 59.0 Å². The first-order chi connectivity index (χ1) is 24.5. The molecule has 2 N–H and O–H groups in total. The van der Waals surface area contributed by atoms with E-state index in [-0.39, 0.29) is 0 Å². The standard InChI is InChI=1S/C46H54O2S2Si2/c1-27(2)51(28(3)4,29(5)6)25-23-45(47)35-21-22-36-40(39(35)43-41(45)33-17-13-15-19-37(33)49-43)44-42(34-18-14-16-20-38(34)50-44)46(36,48)24-26-52(30(7)8,31(9)10)32(11)12/h13-22,27-32,47-48H,1-12H3. The Hall–Kier alpha value is -2.95. The molecule has 2 aliphatic carbocycles. The molecule has 2 aliphatic rings. The van der Waals surface area contributed by atoms with Crippen LogP contribution in [-0.4, -0.2) is 26.4 Å². The molecule has 3 aromatic carbocycles. The predicted molar refractivity (Wildman–Crippen MR) is 232 cm³/mol. The molecule has 0 radical (unpaired) electrons. The second-order valence-corrected chi connectivity index (χ2v) is 30.5. The maximum Gasteiger partial charge on any atom is 0.178 e. The molecule has 270 valence electrons. The van der Waals surface area contributed by atoms with Crippen molar-refractivity contribution in [3.63, 3.8) is 0 Å². The van der Waals surface area contributed by atoms with E-state index in [1.54, 1.807) is 22.7 Å². The first-order valence-electron chi connectivity index (χ1n) is 19.2. The van der Waals surface area contributed by atoms with E-state index in [1.165, 1.54) is 0 Å². The molecule has 0 aliphatic heterocycles. The summed E-state index contributed by atoms with van der Waals surface area (Å²) in [5, 5.41) is 28.7. The molecule has 2 heterocycles. The fraction of sp³-hybridized carbons (Fsp3) is 0.435. The Bertz CT molecular complexity index is 2140. The lowest BCUT2D eigenvalue weighted by atomic mass is 9.87. The lowest BCUT2D eigenvalue weighted by molar-refractivity contribution is 0.149. The zero-order chi connectivity index (χ0) is 37.7. The summed E-state index contributed by atoms with van der Waals surface area (Å²) in [5.74, 6) is 7.34. The van der Waals surface area contributed by atoms with Crippen LogP contribution in [0.2, 0.25) is 33.2 Å². The quantitative estimate of drug-likeness (QED) is 0.134. The SMILES string of the molecule is CC(C)[Si](C#CC1(O)c2ccc3c(c2-c2sc4ccccc4c21)-c1sc2ccccc2c1C3(O)C#C[Si](C(C)C)(C(C)C)C(C)C)(C(C)C)C(C)C. The van der Waals surface area contributed by atoms with Gasteiger partial charge in [0.1, 0.15) is 16.1 Å². The molecular weight excluding hydrogens is 705 g/mol. The van der Waals surface area contributed by atoms with Crippen LogP contribution >= 0.6 is 22.7 Å². The molecule has 7 rings (SSSR count). The lowest BCUT2D eigenvalue weighted by Gasteiger charge is -2.38. The Balaban J connectivity index is 1.59. The lowest BCUT2D eigenvalue weighted by Crippen LogP contribution is -2.44. The number of fused-ring (bicyclic) bond motifs is 11. The highest BCUT2D eigenvalue weighted by molar-refractivity contribution is 7.23. The van der Waals surface area contributed by atoms with Gasteiger partial charge in [0, 0.05) is 63.3 Å². The Morgan fingerprint density at radius 2 is 0.788 bits per heavy atom. The van der Waals surface area contributed by atoms with Gasteiger partial charge < -0.3 is 10.2 Å². The molecule has 2 atom stereocenters. The molecule has 52 heavy (non-hydrogen) atoms. The van der Waals surface area contributed by atoms with Crippen molar-refractivity contribution in [2.75, 3.05) is 0 Å². The summed E-state index contributed by atoms with van der Waals surface area (Å²) < 4.78 is 2.28. The highest BCUT2D eigenvalue weighted by Crippen LogP contribution is 2.64. The van der Waals surface area contributed by atoms with Gasteiger partial charge in [-0.15, -0.1) is 33.8 Å². The molecule has 0 saturated carbocycles. The second kappa shape index (κ2) is 12.8. The summed E-state index contributed by atoms with van der Waals surface area (Å²) in [6.45, 7) is 27.9. The first-order valence-corrected chi connectivity index (χ1v) is 25.3. The average molecular weight is 759 g/mol. The van der Waals surface area contributed by atoms with Crippen molar-refractivity contribution in [2.24, 2.45) is 0 Å². The van der Waals surface area contributed by atoms with Crippen LogP contribution in [0.3, 0.4) is 0 Å². The number of hydrogen-bond acceptors (Lipinski definition) is 4. The third-order valence-corrected chi connectivity index (χ3v) is 28.0. The fourth-order valence-electron chi connectivity index (χ4n) is 10.6. The molecule has 2 aromatic heterocycles. The molecule has 0 saturated heterocycles. The molecule has 0 bridgehead atoms. The van der Waals surface area contributed by atoms with Gasteiger partial charge in [-0.25, -0.2) is 0 Å². The molecule has 2 nitrogen and oxygen atoms in total. The van der Waals surface area contributed by atoms with Crippen LogP contribution in [0.25, 0.3) is 41.1 Å². The number of thiophene rings is 2. The Morgan fingerprint density at radius 3 is 1.10 bits per heavy atom. The van der Waals surface area contributed by atoms with Crippen LogP contribution < -0.4 is 0 Å². The van der Waals surface area contributed by atoms with Gasteiger partial charge in [-0.3, -0.25) is 0 Å².